The molecule has 0 saturated heterocycles. The number of imide groups is 1. The Morgan fingerprint density at radius 3 is 2.50 bits per heavy atom. The van der Waals surface area contributed by atoms with Crippen LogP contribution in [0.2, 0.25) is 0 Å². The summed E-state index contributed by atoms with van der Waals surface area (Å²) >= 11 is 0. The van der Waals surface area contributed by atoms with Crippen molar-refractivity contribution in [2.45, 2.75) is 6.92 Å². The first kappa shape index (κ1) is 20.5. The van der Waals surface area contributed by atoms with Gasteiger partial charge in [0.15, 0.2) is 18.1 Å². The zero-order valence-electron chi connectivity index (χ0n) is 15.2. The third-order valence-corrected chi connectivity index (χ3v) is 3.50. The fourth-order valence-corrected chi connectivity index (χ4v) is 2.32. The van der Waals surface area contributed by atoms with E-state index >= 15 is 0 Å². The fourth-order valence-electron chi connectivity index (χ4n) is 2.32. The molecule has 0 bridgehead atoms. The minimum Gasteiger partial charge on any atom is -0.504 e. The standard InChI is InChI=1S/C20H20N2O6/c1-2-27-17-11-13(8-9-16(17)23)10-15(14-6-4-3-5-7-14)19(25)28-12-18(24)22-20(21)26/h3-11,23H,2,12H2,1H3,(H3,21,22,24,26)/b15-10+. The van der Waals surface area contributed by atoms with Crippen LogP contribution in [0.5, 0.6) is 11.5 Å². The molecular formula is C20H20N2O6. The first-order valence-electron chi connectivity index (χ1n) is 8.40. The van der Waals surface area contributed by atoms with Gasteiger partial charge in [0.2, 0.25) is 0 Å². The number of urea groups is 1. The Hall–Kier alpha value is -3.81. The van der Waals surface area contributed by atoms with E-state index in [4.69, 9.17) is 15.2 Å². The van der Waals surface area contributed by atoms with Gasteiger partial charge in [-0.3, -0.25) is 10.1 Å². The normalized spacial score (nSPS) is 10.8. The van der Waals surface area contributed by atoms with Crippen LogP contribution in [0, 0.1) is 0 Å². The van der Waals surface area contributed by atoms with Crippen molar-refractivity contribution in [3.05, 3.63) is 59.7 Å². The van der Waals surface area contributed by atoms with E-state index in [0.717, 1.165) is 0 Å². The van der Waals surface area contributed by atoms with Gasteiger partial charge in [-0.05, 0) is 36.3 Å². The summed E-state index contributed by atoms with van der Waals surface area (Å²) in [6.45, 7) is 1.49. The molecule has 0 aliphatic heterocycles. The Balaban J connectivity index is 2.31. The van der Waals surface area contributed by atoms with Crippen molar-refractivity contribution in [3.8, 4) is 11.5 Å². The van der Waals surface area contributed by atoms with Crippen molar-refractivity contribution in [2.75, 3.05) is 13.2 Å². The third-order valence-electron chi connectivity index (χ3n) is 3.50. The summed E-state index contributed by atoms with van der Waals surface area (Å²) in [5.41, 5.74) is 6.18. The molecule has 2 aromatic rings. The van der Waals surface area contributed by atoms with Gasteiger partial charge < -0.3 is 20.3 Å². The van der Waals surface area contributed by atoms with Gasteiger partial charge >= 0.3 is 12.0 Å². The minimum atomic E-state index is -1.03. The summed E-state index contributed by atoms with van der Waals surface area (Å²) in [4.78, 5) is 34.7. The number of amides is 3. The highest BCUT2D eigenvalue weighted by atomic mass is 16.5. The van der Waals surface area contributed by atoms with Crippen LogP contribution in [0.25, 0.3) is 11.6 Å². The van der Waals surface area contributed by atoms with E-state index in [1.54, 1.807) is 55.5 Å². The summed E-state index contributed by atoms with van der Waals surface area (Å²) in [6, 6.07) is 12.3. The predicted molar refractivity (Wildman–Crippen MR) is 102 cm³/mol. The molecule has 0 aromatic heterocycles. The number of primary amides is 1. The van der Waals surface area contributed by atoms with Crippen LogP contribution in [-0.2, 0) is 14.3 Å². The second-order valence-electron chi connectivity index (χ2n) is 5.57. The lowest BCUT2D eigenvalue weighted by atomic mass is 10.0. The minimum absolute atomic E-state index is 0.0223. The molecule has 0 unspecified atom stereocenters. The van der Waals surface area contributed by atoms with Gasteiger partial charge in [-0.2, -0.15) is 0 Å². The second kappa shape index (κ2) is 9.77. The molecule has 0 fully saturated rings. The second-order valence-corrected chi connectivity index (χ2v) is 5.57. The summed E-state index contributed by atoms with van der Waals surface area (Å²) in [5, 5.41) is 11.6. The summed E-state index contributed by atoms with van der Waals surface area (Å²) < 4.78 is 10.3. The lowest BCUT2D eigenvalue weighted by Crippen LogP contribution is -2.37. The van der Waals surface area contributed by atoms with Gasteiger partial charge in [0, 0.05) is 0 Å². The quantitative estimate of drug-likeness (QED) is 0.381. The molecule has 146 valence electrons. The monoisotopic (exact) mass is 384 g/mol. The van der Waals surface area contributed by atoms with Crippen LogP contribution >= 0.6 is 0 Å². The Morgan fingerprint density at radius 1 is 1.14 bits per heavy atom. The number of hydrogen-bond acceptors (Lipinski definition) is 6. The van der Waals surface area contributed by atoms with E-state index in [0.29, 0.717) is 17.7 Å². The van der Waals surface area contributed by atoms with Crippen LogP contribution in [0.3, 0.4) is 0 Å². The molecule has 0 saturated carbocycles. The molecule has 0 aliphatic carbocycles. The molecule has 3 amide bonds. The highest BCUT2D eigenvalue weighted by Gasteiger charge is 2.16. The van der Waals surface area contributed by atoms with Crippen LogP contribution in [0.1, 0.15) is 18.1 Å². The van der Waals surface area contributed by atoms with Gasteiger partial charge in [0.25, 0.3) is 5.91 Å². The van der Waals surface area contributed by atoms with Gasteiger partial charge in [0.1, 0.15) is 0 Å². The number of rotatable bonds is 7. The van der Waals surface area contributed by atoms with Crippen molar-refractivity contribution in [1.82, 2.24) is 5.32 Å². The number of hydrogen-bond donors (Lipinski definition) is 3. The van der Waals surface area contributed by atoms with Crippen molar-refractivity contribution in [2.24, 2.45) is 5.73 Å². The Labute approximate surface area is 161 Å². The summed E-state index contributed by atoms with van der Waals surface area (Å²) in [5.74, 6) is -1.35. The van der Waals surface area contributed by atoms with Gasteiger partial charge in [-0.1, -0.05) is 36.4 Å². The van der Waals surface area contributed by atoms with E-state index in [9.17, 15) is 19.5 Å². The molecule has 0 atom stereocenters. The average Bonchev–Trinajstić information content (AvgIpc) is 2.67. The number of ether oxygens (including phenoxy) is 2. The maximum atomic E-state index is 12.5. The van der Waals surface area contributed by atoms with Crippen LogP contribution in [0.4, 0.5) is 4.79 Å². The first-order valence-corrected chi connectivity index (χ1v) is 8.40. The number of phenols is 1. The van der Waals surface area contributed by atoms with Crippen molar-refractivity contribution in [3.63, 3.8) is 0 Å². The lowest BCUT2D eigenvalue weighted by Gasteiger charge is -2.10. The molecule has 2 aromatic carbocycles. The van der Waals surface area contributed by atoms with E-state index in [-0.39, 0.29) is 17.1 Å². The molecule has 0 radical (unpaired) electrons. The smallest absolute Gasteiger partial charge is 0.339 e. The molecule has 2 rings (SSSR count). The number of carbonyl (C=O) groups is 3. The molecule has 0 spiro atoms. The summed E-state index contributed by atoms with van der Waals surface area (Å²) in [6.07, 6.45) is 1.55. The Bertz CT molecular complexity index is 893. The maximum absolute atomic E-state index is 12.5. The molecule has 0 heterocycles. The lowest BCUT2D eigenvalue weighted by molar-refractivity contribution is -0.142. The average molecular weight is 384 g/mol. The van der Waals surface area contributed by atoms with E-state index in [1.807, 2.05) is 5.32 Å². The topological polar surface area (TPSA) is 128 Å². The molecule has 4 N–H and O–H groups in total. The van der Waals surface area contributed by atoms with Gasteiger partial charge in [0.05, 0.1) is 12.2 Å². The predicted octanol–water partition coefficient (Wildman–Crippen LogP) is 2.07. The number of benzene rings is 2. The van der Waals surface area contributed by atoms with E-state index in [1.165, 1.54) is 6.07 Å². The number of phenolic OH excluding ortho intramolecular Hbond substituents is 1. The molecule has 28 heavy (non-hydrogen) atoms. The Kier molecular flexibility index (Phi) is 7.15. The van der Waals surface area contributed by atoms with E-state index < -0.39 is 24.5 Å². The van der Waals surface area contributed by atoms with Crippen molar-refractivity contribution < 1.29 is 29.0 Å². The van der Waals surface area contributed by atoms with Gasteiger partial charge in [-0.15, -0.1) is 0 Å². The number of aromatic hydroxyl groups is 1. The molecular weight excluding hydrogens is 364 g/mol. The highest BCUT2D eigenvalue weighted by molar-refractivity contribution is 6.22. The molecule has 8 heteroatoms. The van der Waals surface area contributed by atoms with Crippen molar-refractivity contribution in [1.29, 1.82) is 0 Å². The van der Waals surface area contributed by atoms with Crippen LogP contribution < -0.4 is 15.8 Å². The van der Waals surface area contributed by atoms with Crippen LogP contribution in [0.15, 0.2) is 48.5 Å². The molecule has 8 nitrogen and oxygen atoms in total. The molecule has 0 aliphatic rings. The number of esters is 1. The first-order chi connectivity index (χ1) is 13.4. The van der Waals surface area contributed by atoms with Gasteiger partial charge in [-0.25, -0.2) is 9.59 Å². The number of nitrogens with one attached hydrogen (secondary N) is 1. The highest BCUT2D eigenvalue weighted by Crippen LogP contribution is 2.29. The zero-order valence-corrected chi connectivity index (χ0v) is 15.2. The maximum Gasteiger partial charge on any atom is 0.339 e. The number of nitrogens with two attached hydrogens (primary N) is 1. The third kappa shape index (κ3) is 5.87. The van der Waals surface area contributed by atoms with Crippen molar-refractivity contribution >= 4 is 29.6 Å². The SMILES string of the molecule is CCOc1cc(/C=C(/C(=O)OCC(=O)NC(N)=O)c2ccccc2)ccc1O. The summed E-state index contributed by atoms with van der Waals surface area (Å²) in [7, 11) is 0. The number of carbonyl (C=O) groups excluding carboxylic acids is 3. The largest absolute Gasteiger partial charge is 0.504 e. The van der Waals surface area contributed by atoms with Crippen LogP contribution in [-0.4, -0.2) is 36.2 Å². The Morgan fingerprint density at radius 2 is 1.86 bits per heavy atom. The zero-order chi connectivity index (χ0) is 20.5. The van der Waals surface area contributed by atoms with E-state index in [2.05, 4.69) is 0 Å². The fraction of sp³-hybridized carbons (Fsp3) is 0.150.